The highest BCUT2D eigenvalue weighted by Gasteiger charge is 2.06. The fourth-order valence-electron chi connectivity index (χ4n) is 2.02. The van der Waals surface area contributed by atoms with Crippen molar-refractivity contribution in [2.45, 2.75) is 27.7 Å². The van der Waals surface area contributed by atoms with Crippen LogP contribution in [0.15, 0.2) is 12.1 Å². The summed E-state index contributed by atoms with van der Waals surface area (Å²) in [6, 6.07) is 4.51. The maximum atomic E-state index is 2.27. The van der Waals surface area contributed by atoms with E-state index in [1.54, 1.807) is 10.6 Å². The van der Waals surface area contributed by atoms with E-state index in [1.807, 2.05) is 0 Å². The highest BCUT2D eigenvalue weighted by atomic mass is 31.0. The second-order valence-electron chi connectivity index (χ2n) is 3.81. The third-order valence-electron chi connectivity index (χ3n) is 2.89. The Kier molecular flexibility index (Phi) is 1.96. The second-order valence-corrected chi connectivity index (χ2v) is 5.56. The summed E-state index contributed by atoms with van der Waals surface area (Å²) < 4.78 is 0. The third-order valence-corrected chi connectivity index (χ3v) is 4.16. The Morgan fingerprint density at radius 2 is 1.62 bits per heavy atom. The van der Waals surface area contributed by atoms with Crippen molar-refractivity contribution >= 4 is 19.0 Å². The van der Waals surface area contributed by atoms with E-state index in [1.165, 1.54) is 21.9 Å². The van der Waals surface area contributed by atoms with Gasteiger partial charge in [-0.1, -0.05) is 12.1 Å². The van der Waals surface area contributed by atoms with Gasteiger partial charge in [0, 0.05) is 0 Å². The van der Waals surface area contributed by atoms with Gasteiger partial charge in [0.1, 0.15) is 0 Å². The van der Waals surface area contributed by atoms with Crippen molar-refractivity contribution in [1.29, 1.82) is 0 Å². The minimum absolute atomic E-state index is 0.920. The minimum Gasteiger partial charge on any atom is -0.133 e. The summed E-state index contributed by atoms with van der Waals surface area (Å²) in [6.45, 7) is 8.95. The molecule has 0 saturated heterocycles. The fraction of sp³-hybridized carbons (Fsp3) is 0.333. The van der Waals surface area contributed by atoms with Gasteiger partial charge in [-0.25, -0.2) is 0 Å². The fourth-order valence-corrected chi connectivity index (χ4v) is 3.38. The lowest BCUT2D eigenvalue weighted by Crippen LogP contribution is -1.82. The maximum absolute atomic E-state index is 2.27. The SMILES string of the molecule is Cc1ccc2c(C)[pH]c(C)c2c1C. The van der Waals surface area contributed by atoms with Gasteiger partial charge >= 0.3 is 0 Å². The first kappa shape index (κ1) is 8.84. The first-order valence-corrected chi connectivity index (χ1v) is 5.66. The molecule has 0 aliphatic rings. The third kappa shape index (κ3) is 1.21. The molecule has 1 aromatic heterocycles. The highest BCUT2D eigenvalue weighted by Crippen LogP contribution is 2.36. The number of rotatable bonds is 0. The molecule has 0 aliphatic carbocycles. The molecule has 0 fully saturated rings. The van der Waals surface area contributed by atoms with Gasteiger partial charge in [-0.05, 0) is 60.2 Å². The highest BCUT2D eigenvalue weighted by molar-refractivity contribution is 7.33. The zero-order valence-electron chi connectivity index (χ0n) is 8.65. The molecule has 0 amide bonds. The van der Waals surface area contributed by atoms with Gasteiger partial charge in [-0.3, -0.25) is 0 Å². The molecule has 1 atom stereocenters. The van der Waals surface area contributed by atoms with Crippen LogP contribution in [0.25, 0.3) is 10.8 Å². The van der Waals surface area contributed by atoms with E-state index in [2.05, 4.69) is 39.8 Å². The molecule has 1 unspecified atom stereocenters. The molecule has 0 radical (unpaired) electrons. The summed E-state index contributed by atoms with van der Waals surface area (Å²) in [5.74, 6) is 0. The van der Waals surface area contributed by atoms with Crippen molar-refractivity contribution in [3.63, 3.8) is 0 Å². The van der Waals surface area contributed by atoms with Gasteiger partial charge in [0.15, 0.2) is 0 Å². The normalized spacial score (nSPS) is 11.7. The lowest BCUT2D eigenvalue weighted by molar-refractivity contribution is 1.38. The predicted octanol–water partition coefficient (Wildman–Crippen LogP) is 4.10. The molecular weight excluding hydrogens is 175 g/mol. The summed E-state index contributed by atoms with van der Waals surface area (Å²) in [7, 11) is 0.920. The lowest BCUT2D eigenvalue weighted by Gasteiger charge is -2.03. The summed E-state index contributed by atoms with van der Waals surface area (Å²) in [5.41, 5.74) is 2.89. The summed E-state index contributed by atoms with van der Waals surface area (Å²) in [6.07, 6.45) is 0. The topological polar surface area (TPSA) is 0 Å². The smallest absolute Gasteiger partial charge is 0.00798 e. The van der Waals surface area contributed by atoms with Crippen LogP contribution in [0.1, 0.15) is 21.7 Å². The van der Waals surface area contributed by atoms with Crippen LogP contribution in [0.5, 0.6) is 0 Å². The first-order chi connectivity index (χ1) is 6.11. The standard InChI is InChI=1S/C12H15P/c1-7-5-6-11-9(3)13-10(4)12(11)8(7)2/h5-6,13H,1-4H3. The van der Waals surface area contributed by atoms with Crippen LogP contribution in [-0.2, 0) is 0 Å². The van der Waals surface area contributed by atoms with Gasteiger partial charge in [0.25, 0.3) is 0 Å². The average molecular weight is 190 g/mol. The molecule has 0 saturated carbocycles. The molecule has 0 nitrogen and oxygen atoms in total. The van der Waals surface area contributed by atoms with Gasteiger partial charge in [0.2, 0.25) is 0 Å². The van der Waals surface area contributed by atoms with E-state index in [-0.39, 0.29) is 0 Å². The van der Waals surface area contributed by atoms with Crippen LogP contribution in [0.4, 0.5) is 0 Å². The summed E-state index contributed by atoms with van der Waals surface area (Å²) >= 11 is 0. The molecule has 0 bridgehead atoms. The first-order valence-electron chi connectivity index (χ1n) is 4.66. The van der Waals surface area contributed by atoms with Crippen molar-refractivity contribution in [3.8, 4) is 0 Å². The maximum Gasteiger partial charge on any atom is -0.00798 e. The van der Waals surface area contributed by atoms with Gasteiger partial charge in [0.05, 0.1) is 0 Å². The number of hydrogen-bond donors (Lipinski definition) is 0. The number of fused-ring (bicyclic) bond motifs is 1. The molecule has 0 N–H and O–H groups in total. The number of aryl methyl sites for hydroxylation is 4. The van der Waals surface area contributed by atoms with Crippen LogP contribution >= 0.6 is 8.19 Å². The van der Waals surface area contributed by atoms with Crippen molar-refractivity contribution < 1.29 is 0 Å². The lowest BCUT2D eigenvalue weighted by atomic mass is 10.0. The van der Waals surface area contributed by atoms with Crippen LogP contribution < -0.4 is 0 Å². The van der Waals surface area contributed by atoms with E-state index in [9.17, 15) is 0 Å². The summed E-state index contributed by atoms with van der Waals surface area (Å²) in [4.78, 5) is 0. The molecule has 1 aromatic carbocycles. The van der Waals surface area contributed by atoms with E-state index < -0.39 is 0 Å². The molecule has 2 rings (SSSR count). The van der Waals surface area contributed by atoms with Crippen molar-refractivity contribution in [2.75, 3.05) is 0 Å². The van der Waals surface area contributed by atoms with Crippen LogP contribution in [0.3, 0.4) is 0 Å². The molecule has 1 heteroatoms. The van der Waals surface area contributed by atoms with E-state index in [0.29, 0.717) is 0 Å². The molecule has 68 valence electrons. The predicted molar refractivity (Wildman–Crippen MR) is 62.4 cm³/mol. The quantitative estimate of drug-likeness (QED) is 0.586. The molecule has 0 spiro atoms. The second kappa shape index (κ2) is 2.89. The van der Waals surface area contributed by atoms with Crippen LogP contribution in [-0.4, -0.2) is 0 Å². The Hall–Kier alpha value is -0.740. The zero-order valence-corrected chi connectivity index (χ0v) is 9.65. The summed E-state index contributed by atoms with van der Waals surface area (Å²) in [5, 5.41) is 6.12. The van der Waals surface area contributed by atoms with Gasteiger partial charge in [-0.2, -0.15) is 0 Å². The largest absolute Gasteiger partial charge is 0.133 e. The van der Waals surface area contributed by atoms with Crippen molar-refractivity contribution in [2.24, 2.45) is 0 Å². The Morgan fingerprint density at radius 1 is 0.923 bits per heavy atom. The monoisotopic (exact) mass is 190 g/mol. The van der Waals surface area contributed by atoms with Crippen molar-refractivity contribution in [3.05, 3.63) is 33.9 Å². The minimum atomic E-state index is 0.920. The Balaban J connectivity index is 2.98. The molecule has 2 aromatic rings. The molecule has 0 aliphatic heterocycles. The molecule has 13 heavy (non-hydrogen) atoms. The van der Waals surface area contributed by atoms with E-state index >= 15 is 0 Å². The van der Waals surface area contributed by atoms with E-state index in [0.717, 1.165) is 8.19 Å². The average Bonchev–Trinajstić information content (AvgIpc) is 2.35. The van der Waals surface area contributed by atoms with Crippen LogP contribution in [0.2, 0.25) is 0 Å². The Bertz CT molecular complexity index is 463. The van der Waals surface area contributed by atoms with Gasteiger partial charge < -0.3 is 0 Å². The van der Waals surface area contributed by atoms with Crippen LogP contribution in [0, 0.1) is 27.7 Å². The molecular formula is C12H15P. The van der Waals surface area contributed by atoms with Gasteiger partial charge in [-0.15, -0.1) is 8.19 Å². The zero-order chi connectivity index (χ0) is 9.59. The molecule has 1 heterocycles. The number of benzene rings is 1. The van der Waals surface area contributed by atoms with E-state index in [4.69, 9.17) is 0 Å². The number of hydrogen-bond acceptors (Lipinski definition) is 0. The van der Waals surface area contributed by atoms with Crippen molar-refractivity contribution in [1.82, 2.24) is 0 Å². The Morgan fingerprint density at radius 3 is 2.31 bits per heavy atom. The Labute approximate surface area is 81.1 Å².